The highest BCUT2D eigenvalue weighted by Gasteiger charge is 2.35. The molecule has 2 atom stereocenters. The second-order valence-electron chi connectivity index (χ2n) is 6.47. The van der Waals surface area contributed by atoms with Gasteiger partial charge < -0.3 is 15.4 Å². The van der Waals surface area contributed by atoms with E-state index in [-0.39, 0.29) is 18.1 Å². The van der Waals surface area contributed by atoms with Gasteiger partial charge in [0.25, 0.3) is 0 Å². The zero-order chi connectivity index (χ0) is 16.7. The van der Waals surface area contributed by atoms with Crippen molar-refractivity contribution in [2.24, 2.45) is 0 Å². The molecule has 4 rings (SSSR count). The quantitative estimate of drug-likeness (QED) is 0.775. The number of aryl methyl sites for hydroxylation is 1. The second-order valence-corrected chi connectivity index (χ2v) is 6.47. The van der Waals surface area contributed by atoms with Gasteiger partial charge in [-0.2, -0.15) is 0 Å². The summed E-state index contributed by atoms with van der Waals surface area (Å²) in [6.45, 7) is 3.98. The molecule has 122 valence electrons. The molecule has 2 heterocycles. The Labute approximate surface area is 141 Å². The number of carbonyl (C=O) groups is 1. The number of anilines is 2. The van der Waals surface area contributed by atoms with Crippen molar-refractivity contribution in [3.8, 4) is 0 Å². The Morgan fingerprint density at radius 1 is 1.04 bits per heavy atom. The monoisotopic (exact) mass is 320 g/mol. The summed E-state index contributed by atoms with van der Waals surface area (Å²) >= 11 is 0. The minimum atomic E-state index is -0.248. The van der Waals surface area contributed by atoms with Crippen LogP contribution < -0.4 is 10.6 Å². The van der Waals surface area contributed by atoms with Crippen LogP contribution in [0, 0.1) is 6.92 Å². The molecule has 0 saturated carbocycles. The largest absolute Gasteiger partial charge is 0.459 e. The lowest BCUT2D eigenvalue weighted by molar-refractivity contribution is -0.145. The van der Waals surface area contributed by atoms with Crippen LogP contribution in [0.25, 0.3) is 0 Å². The molecule has 2 aliphatic rings. The SMILES string of the molecule is Cc1ccc([C@H]2Nc3ccccc3NC3=C2C(=O)O[C@@H](C)C3)cc1. The molecule has 0 amide bonds. The number of rotatable bonds is 1. The van der Waals surface area contributed by atoms with E-state index in [2.05, 4.69) is 41.8 Å². The van der Waals surface area contributed by atoms with Gasteiger partial charge in [-0.1, -0.05) is 42.0 Å². The standard InChI is InChI=1S/C20H20N2O2/c1-12-7-9-14(10-8-12)19-18-17(11-13(2)24-20(18)23)21-15-5-3-4-6-16(15)22-19/h3-10,13,19,21-22H,11H2,1-2H3/t13-,19+/m0/s1. The zero-order valence-corrected chi connectivity index (χ0v) is 13.8. The number of benzene rings is 2. The molecule has 24 heavy (non-hydrogen) atoms. The maximum atomic E-state index is 12.6. The third-order valence-corrected chi connectivity index (χ3v) is 4.56. The molecule has 2 aliphatic heterocycles. The number of cyclic esters (lactones) is 1. The number of para-hydroxylation sites is 2. The zero-order valence-electron chi connectivity index (χ0n) is 13.8. The number of nitrogens with one attached hydrogen (secondary N) is 2. The van der Waals surface area contributed by atoms with Gasteiger partial charge in [-0.05, 0) is 31.5 Å². The number of hydrogen-bond acceptors (Lipinski definition) is 4. The topological polar surface area (TPSA) is 50.4 Å². The fourth-order valence-corrected chi connectivity index (χ4v) is 3.34. The number of ether oxygens (including phenoxy) is 1. The maximum absolute atomic E-state index is 12.6. The Morgan fingerprint density at radius 2 is 1.75 bits per heavy atom. The lowest BCUT2D eigenvalue weighted by Crippen LogP contribution is -2.30. The molecule has 4 nitrogen and oxygen atoms in total. The molecule has 2 N–H and O–H groups in total. The van der Waals surface area contributed by atoms with E-state index in [0.717, 1.165) is 22.6 Å². The number of hydrogen-bond donors (Lipinski definition) is 2. The predicted octanol–water partition coefficient (Wildman–Crippen LogP) is 4.16. The average molecular weight is 320 g/mol. The van der Waals surface area contributed by atoms with Crippen LogP contribution in [0.15, 0.2) is 59.8 Å². The summed E-state index contributed by atoms with van der Waals surface area (Å²) < 4.78 is 5.51. The summed E-state index contributed by atoms with van der Waals surface area (Å²) in [6.07, 6.45) is 0.576. The third kappa shape index (κ3) is 2.54. The van der Waals surface area contributed by atoms with Crippen molar-refractivity contribution in [3.05, 3.63) is 70.9 Å². The van der Waals surface area contributed by atoms with Crippen molar-refractivity contribution in [1.29, 1.82) is 0 Å². The molecule has 0 fully saturated rings. The molecule has 0 bridgehead atoms. The summed E-state index contributed by atoms with van der Waals surface area (Å²) in [6, 6.07) is 16.1. The smallest absolute Gasteiger partial charge is 0.338 e. The minimum absolute atomic E-state index is 0.118. The summed E-state index contributed by atoms with van der Waals surface area (Å²) in [5, 5.41) is 6.97. The third-order valence-electron chi connectivity index (χ3n) is 4.56. The molecule has 0 spiro atoms. The van der Waals surface area contributed by atoms with Crippen LogP contribution in [0.4, 0.5) is 11.4 Å². The highest BCUT2D eigenvalue weighted by molar-refractivity contribution is 5.95. The van der Waals surface area contributed by atoms with Gasteiger partial charge in [-0.3, -0.25) is 0 Å². The first-order valence-electron chi connectivity index (χ1n) is 8.25. The van der Waals surface area contributed by atoms with E-state index in [1.54, 1.807) is 0 Å². The van der Waals surface area contributed by atoms with Gasteiger partial charge in [0.15, 0.2) is 0 Å². The van der Waals surface area contributed by atoms with E-state index in [1.807, 2.05) is 31.2 Å². The first kappa shape index (κ1) is 14.8. The Balaban J connectivity index is 1.87. The van der Waals surface area contributed by atoms with Gasteiger partial charge in [0.05, 0.1) is 23.0 Å². The van der Waals surface area contributed by atoms with Crippen molar-refractivity contribution >= 4 is 17.3 Å². The van der Waals surface area contributed by atoms with Crippen molar-refractivity contribution < 1.29 is 9.53 Å². The molecule has 0 aromatic heterocycles. The Bertz CT molecular complexity index is 824. The van der Waals surface area contributed by atoms with Crippen molar-refractivity contribution in [2.45, 2.75) is 32.4 Å². The van der Waals surface area contributed by atoms with Crippen LogP contribution in [0.3, 0.4) is 0 Å². The maximum Gasteiger partial charge on any atom is 0.338 e. The van der Waals surface area contributed by atoms with Crippen LogP contribution in [-0.2, 0) is 9.53 Å². The molecule has 0 unspecified atom stereocenters. The van der Waals surface area contributed by atoms with Crippen LogP contribution in [-0.4, -0.2) is 12.1 Å². The molecular weight excluding hydrogens is 300 g/mol. The van der Waals surface area contributed by atoms with Crippen molar-refractivity contribution in [2.75, 3.05) is 10.6 Å². The first-order chi connectivity index (χ1) is 11.6. The van der Waals surface area contributed by atoms with Gasteiger partial charge in [-0.15, -0.1) is 0 Å². The molecule has 2 aromatic carbocycles. The van der Waals surface area contributed by atoms with Gasteiger partial charge >= 0.3 is 5.97 Å². The van der Waals surface area contributed by atoms with Crippen LogP contribution in [0.1, 0.15) is 30.5 Å². The van der Waals surface area contributed by atoms with E-state index in [0.29, 0.717) is 12.0 Å². The van der Waals surface area contributed by atoms with Crippen LogP contribution >= 0.6 is 0 Å². The Kier molecular flexibility index (Phi) is 3.53. The van der Waals surface area contributed by atoms with E-state index in [4.69, 9.17) is 4.74 Å². The number of esters is 1. The fourth-order valence-electron chi connectivity index (χ4n) is 3.34. The van der Waals surface area contributed by atoms with E-state index in [1.165, 1.54) is 5.56 Å². The fraction of sp³-hybridized carbons (Fsp3) is 0.250. The van der Waals surface area contributed by atoms with Crippen molar-refractivity contribution in [1.82, 2.24) is 0 Å². The molecule has 0 saturated heterocycles. The van der Waals surface area contributed by atoms with Gasteiger partial charge in [0.2, 0.25) is 0 Å². The molecule has 0 radical (unpaired) electrons. The van der Waals surface area contributed by atoms with Crippen molar-refractivity contribution in [3.63, 3.8) is 0 Å². The second kappa shape index (κ2) is 5.71. The highest BCUT2D eigenvalue weighted by Crippen LogP contribution is 2.40. The molecular formula is C20H20N2O2. The summed E-state index contributed by atoms with van der Waals surface area (Å²) in [5.41, 5.74) is 5.84. The summed E-state index contributed by atoms with van der Waals surface area (Å²) in [4.78, 5) is 12.6. The lowest BCUT2D eigenvalue weighted by atomic mass is 9.93. The molecule has 4 heteroatoms. The molecule has 0 aliphatic carbocycles. The van der Waals surface area contributed by atoms with E-state index < -0.39 is 0 Å². The van der Waals surface area contributed by atoms with E-state index in [9.17, 15) is 4.79 Å². The van der Waals surface area contributed by atoms with Gasteiger partial charge in [-0.25, -0.2) is 4.79 Å². The Hall–Kier alpha value is -2.75. The van der Waals surface area contributed by atoms with Crippen LogP contribution in [0.5, 0.6) is 0 Å². The summed E-state index contributed by atoms with van der Waals surface area (Å²) in [7, 11) is 0. The first-order valence-corrected chi connectivity index (χ1v) is 8.25. The Morgan fingerprint density at radius 3 is 2.50 bits per heavy atom. The number of fused-ring (bicyclic) bond motifs is 1. The van der Waals surface area contributed by atoms with Crippen LogP contribution in [0.2, 0.25) is 0 Å². The minimum Gasteiger partial charge on any atom is -0.459 e. The average Bonchev–Trinajstić information content (AvgIpc) is 2.72. The number of carbonyl (C=O) groups excluding carboxylic acids is 1. The predicted molar refractivity (Wildman–Crippen MR) is 94.8 cm³/mol. The van der Waals surface area contributed by atoms with Gasteiger partial charge in [0.1, 0.15) is 6.10 Å². The lowest BCUT2D eigenvalue weighted by Gasteiger charge is -2.28. The summed E-state index contributed by atoms with van der Waals surface area (Å²) in [5.74, 6) is -0.248. The van der Waals surface area contributed by atoms with E-state index >= 15 is 0 Å². The van der Waals surface area contributed by atoms with Gasteiger partial charge in [0, 0.05) is 12.1 Å². The normalized spacial score (nSPS) is 22.5. The highest BCUT2D eigenvalue weighted by atomic mass is 16.5. The molecule has 2 aromatic rings.